The summed E-state index contributed by atoms with van der Waals surface area (Å²) in [4.78, 5) is 30.3. The Morgan fingerprint density at radius 1 is 0.688 bits per heavy atom. The first-order valence-electron chi connectivity index (χ1n) is 15.0. The van der Waals surface area contributed by atoms with Crippen molar-refractivity contribution in [3.8, 4) is 0 Å². The van der Waals surface area contributed by atoms with Crippen LogP contribution in [0, 0.1) is 11.8 Å². The lowest BCUT2D eigenvalue weighted by molar-refractivity contribution is -0.152. The van der Waals surface area contributed by atoms with Gasteiger partial charge < -0.3 is 64.6 Å². The summed E-state index contributed by atoms with van der Waals surface area (Å²) in [5, 5.41) is 68.7. The fraction of sp³-hybridized carbons (Fsp3) is 0.889. The van der Waals surface area contributed by atoms with Crippen LogP contribution in [0.15, 0.2) is 0 Å². The smallest absolute Gasteiger partial charge is 0.335 e. The lowest BCUT2D eigenvalue weighted by atomic mass is 9.92. The summed E-state index contributed by atoms with van der Waals surface area (Å²) in [5.74, 6) is -2.10. The van der Waals surface area contributed by atoms with Crippen LogP contribution in [0.3, 0.4) is 0 Å². The Labute approximate surface area is 286 Å². The number of aliphatic hydroxyl groups is 5. The maximum atomic E-state index is 10.4. The molecular weight excluding hydrogens is 638 g/mol. The van der Waals surface area contributed by atoms with Crippen LogP contribution in [0.1, 0.15) is 46.5 Å². The molecule has 8 N–H and O–H groups in total. The van der Waals surface area contributed by atoms with Gasteiger partial charge in [0.2, 0.25) is 0 Å². The molecule has 0 bridgehead atoms. The van der Waals surface area contributed by atoms with Gasteiger partial charge in [0.15, 0.2) is 19.0 Å². The number of carboxylic acids is 2. The summed E-state index contributed by atoms with van der Waals surface area (Å²) in [5.41, 5.74) is 0. The van der Waals surface area contributed by atoms with E-state index >= 15 is 0 Å². The number of aliphatic carboxylic acids is 2. The average Bonchev–Trinajstić information content (AvgIpc) is 3.69. The molecule has 4 heterocycles. The summed E-state index contributed by atoms with van der Waals surface area (Å²) in [6.07, 6.45) is -1.79. The number of carbonyl (C=O) groups excluding carboxylic acids is 1. The highest BCUT2D eigenvalue weighted by molar-refractivity contribution is 6.12. The van der Waals surface area contributed by atoms with Crippen molar-refractivity contribution in [1.29, 1.82) is 0 Å². The zero-order chi connectivity index (χ0) is 37.7. The van der Waals surface area contributed by atoms with Crippen molar-refractivity contribution in [3.05, 3.63) is 0 Å². The first-order chi connectivity index (χ1) is 22.2. The Morgan fingerprint density at radius 3 is 1.23 bits per heavy atom. The Morgan fingerprint density at radius 2 is 1.06 bits per heavy atom. The van der Waals surface area contributed by atoms with Crippen LogP contribution in [0.5, 0.6) is 0 Å². The average molecular weight is 687 g/mol. The number of aliphatic hydroxyl groups excluding tert-OH is 5. The van der Waals surface area contributed by atoms with Crippen molar-refractivity contribution in [2.75, 3.05) is 34.1 Å². The van der Waals surface area contributed by atoms with Crippen LogP contribution < -0.4 is 0 Å². The molecule has 0 spiro atoms. The second-order valence-electron chi connectivity index (χ2n) is 11.3. The zero-order valence-corrected chi connectivity index (χ0v) is 28.0. The molecule has 4 aliphatic heterocycles. The number of rotatable bonds is 5. The van der Waals surface area contributed by atoms with Gasteiger partial charge in [0.25, 0.3) is 0 Å². The minimum absolute atomic E-state index is 0.0278. The van der Waals surface area contributed by atoms with Gasteiger partial charge in [-0.1, -0.05) is 13.8 Å². The SMILES string of the molecule is CC(=O)OCO.CN(C)O.[B][C@H]1C[C@@H](C)[C@@H](C(=O)O)O1.[B][C@H]1C[C@@H](C)[C@@H](CO)O1.[B][C@H]1C[C@@H](O)[C@@H](C(=O)O)O1.[B][C@H]1C[C@@H](O)[C@@H](CO)O1. The maximum absolute atomic E-state index is 10.4. The number of esters is 1. The van der Waals surface area contributed by atoms with Crippen molar-refractivity contribution < 1.29 is 79.0 Å². The minimum atomic E-state index is -1.17. The number of hydrogen-bond acceptors (Lipinski definition) is 15. The molecule has 270 valence electrons. The molecule has 0 aliphatic carbocycles. The van der Waals surface area contributed by atoms with Crippen molar-refractivity contribution >= 4 is 49.3 Å². The molecule has 4 fully saturated rings. The second kappa shape index (κ2) is 26.1. The van der Waals surface area contributed by atoms with E-state index in [-0.39, 0.29) is 37.7 Å². The molecule has 4 aliphatic rings. The molecule has 0 unspecified atom stereocenters. The van der Waals surface area contributed by atoms with Gasteiger partial charge in [-0.05, 0) is 37.5 Å². The third-order valence-corrected chi connectivity index (χ3v) is 6.54. The molecule has 12 atom stereocenters. The number of carbonyl (C=O) groups is 3. The van der Waals surface area contributed by atoms with Crippen LogP contribution in [0.2, 0.25) is 0 Å². The number of hydrogen-bond donors (Lipinski definition) is 8. The normalized spacial score (nSPS) is 34.7. The molecule has 0 aromatic rings. The summed E-state index contributed by atoms with van der Waals surface area (Å²) < 4.78 is 23.6. The first-order valence-corrected chi connectivity index (χ1v) is 15.0. The fourth-order valence-corrected chi connectivity index (χ4v) is 4.26. The molecule has 21 heteroatoms. The van der Waals surface area contributed by atoms with E-state index in [4.69, 9.17) is 86.5 Å². The summed E-state index contributed by atoms with van der Waals surface area (Å²) in [7, 11) is 24.4. The van der Waals surface area contributed by atoms with Crippen LogP contribution in [0.4, 0.5) is 0 Å². The molecule has 8 radical (unpaired) electrons. The van der Waals surface area contributed by atoms with E-state index in [2.05, 4.69) is 9.47 Å². The molecular formula is C27H49B4NO16. The highest BCUT2D eigenvalue weighted by Gasteiger charge is 2.36. The third-order valence-electron chi connectivity index (χ3n) is 6.54. The first kappa shape index (κ1) is 48.3. The van der Waals surface area contributed by atoms with Crippen molar-refractivity contribution in [1.82, 2.24) is 5.06 Å². The van der Waals surface area contributed by atoms with Crippen molar-refractivity contribution in [2.24, 2.45) is 11.8 Å². The van der Waals surface area contributed by atoms with Gasteiger partial charge in [0.1, 0.15) is 37.5 Å². The molecule has 0 aromatic carbocycles. The largest absolute Gasteiger partial charge is 0.479 e. The highest BCUT2D eigenvalue weighted by atomic mass is 16.6. The van der Waals surface area contributed by atoms with E-state index < -0.39 is 73.2 Å². The van der Waals surface area contributed by atoms with Gasteiger partial charge >= 0.3 is 17.9 Å². The minimum Gasteiger partial charge on any atom is -0.479 e. The van der Waals surface area contributed by atoms with Crippen LogP contribution in [-0.4, -0.2) is 190 Å². The Hall–Kier alpha value is -1.77. The Bertz CT molecular complexity index is 836. The monoisotopic (exact) mass is 687 g/mol. The second-order valence-corrected chi connectivity index (χ2v) is 11.3. The zero-order valence-electron chi connectivity index (χ0n) is 28.0. The van der Waals surface area contributed by atoms with Gasteiger partial charge in [-0.3, -0.25) is 4.79 Å². The molecule has 17 nitrogen and oxygen atoms in total. The topological polar surface area (TPSA) is 262 Å². The quantitative estimate of drug-likeness (QED) is 0.0608. The Kier molecular flexibility index (Phi) is 26.3. The third kappa shape index (κ3) is 22.0. The highest BCUT2D eigenvalue weighted by Crippen LogP contribution is 2.24. The van der Waals surface area contributed by atoms with Crippen LogP contribution in [-0.2, 0) is 38.1 Å². The van der Waals surface area contributed by atoms with E-state index in [1.54, 1.807) is 14.1 Å². The van der Waals surface area contributed by atoms with E-state index in [1.807, 2.05) is 13.8 Å². The molecule has 0 aromatic heterocycles. The molecule has 0 amide bonds. The molecule has 48 heavy (non-hydrogen) atoms. The predicted molar refractivity (Wildman–Crippen MR) is 170 cm³/mol. The van der Waals surface area contributed by atoms with E-state index in [1.165, 1.54) is 6.92 Å². The van der Waals surface area contributed by atoms with Crippen molar-refractivity contribution in [3.63, 3.8) is 0 Å². The van der Waals surface area contributed by atoms with E-state index in [0.717, 1.165) is 11.5 Å². The van der Waals surface area contributed by atoms with Crippen LogP contribution >= 0.6 is 0 Å². The molecule has 0 saturated carbocycles. The van der Waals surface area contributed by atoms with Gasteiger partial charge in [-0.25, -0.2) is 9.59 Å². The summed E-state index contributed by atoms with van der Waals surface area (Å²) in [6.45, 7) is 4.51. The number of hydroxylamine groups is 2. The molecule has 4 saturated heterocycles. The molecule has 4 rings (SSSR count). The lowest BCUT2D eigenvalue weighted by Gasteiger charge is -2.09. The lowest BCUT2D eigenvalue weighted by Crippen LogP contribution is -2.29. The van der Waals surface area contributed by atoms with Crippen molar-refractivity contribution in [2.45, 2.75) is 107 Å². The summed E-state index contributed by atoms with van der Waals surface area (Å²) in [6, 6.07) is -1.60. The Balaban J connectivity index is 0. The van der Waals surface area contributed by atoms with E-state index in [9.17, 15) is 14.4 Å². The van der Waals surface area contributed by atoms with Gasteiger partial charge in [-0.15, -0.1) is 0 Å². The number of carboxylic acid groups (broad SMARTS) is 2. The van der Waals surface area contributed by atoms with Crippen LogP contribution in [0.25, 0.3) is 0 Å². The fourth-order valence-electron chi connectivity index (χ4n) is 4.26. The number of ether oxygens (including phenoxy) is 5. The predicted octanol–water partition coefficient (Wildman–Crippen LogP) is -3.34. The summed E-state index contributed by atoms with van der Waals surface area (Å²) >= 11 is 0. The van der Waals surface area contributed by atoms with Gasteiger partial charge in [0.05, 0.1) is 31.5 Å². The van der Waals surface area contributed by atoms with Gasteiger partial charge in [0, 0.05) is 45.0 Å². The maximum Gasteiger partial charge on any atom is 0.335 e. The van der Waals surface area contributed by atoms with Gasteiger partial charge in [-0.2, -0.15) is 5.06 Å². The number of nitrogens with zero attached hydrogens (tertiary/aromatic N) is 1. The standard InChI is InChI=1S/C6H9BO3.C6H11BO2.C5H7BO4.C5H9BO3.C3H6O3.C2H7NO/c1-3-2-4(7)10-5(3)6(8)9;1-4-2-6(7)9-5(4)3-8;6-3-1-2(7)4(10-3)5(8)9;6-5-1-3(8)4(2-7)9-5;1-3(5)6-2-4;1-3(2)4/h3-5H,2H2,1H3,(H,8,9);4-6,8H,2-3H2,1H3;2-4,7H,1H2,(H,8,9);3-5,7-8H,1-2H2;4H,2H2,1H3;4H,1-2H3/t3-,4-,5+;4-,5-,6-;2-,3-,4+;3-,4-,5-;;/m1111../s1. The van der Waals surface area contributed by atoms with E-state index in [0.29, 0.717) is 18.8 Å².